The van der Waals surface area contributed by atoms with Crippen LogP contribution in [0.1, 0.15) is 18.2 Å². The van der Waals surface area contributed by atoms with E-state index in [4.69, 9.17) is 5.73 Å². The van der Waals surface area contributed by atoms with Gasteiger partial charge in [0.1, 0.15) is 5.84 Å². The van der Waals surface area contributed by atoms with E-state index in [1.807, 2.05) is 11.4 Å². The number of amidine groups is 1. The number of rotatable bonds is 3. The zero-order chi connectivity index (χ0) is 8.97. The van der Waals surface area contributed by atoms with Gasteiger partial charge in [0, 0.05) is 16.4 Å². The van der Waals surface area contributed by atoms with E-state index in [0.29, 0.717) is 5.84 Å². The standard InChI is InChI=1S/C8H11BrN2S/c1-2-3-11-8(10)7-4-6(9)5-12-7/h4-5H,2-3H2,1H3,(H2,10,11). The molecule has 0 spiro atoms. The molecule has 0 saturated carbocycles. The summed E-state index contributed by atoms with van der Waals surface area (Å²) in [6.07, 6.45) is 1.03. The lowest BCUT2D eigenvalue weighted by atomic mass is 10.4. The van der Waals surface area contributed by atoms with Crippen molar-refractivity contribution in [1.29, 1.82) is 0 Å². The monoisotopic (exact) mass is 246 g/mol. The predicted molar refractivity (Wildman–Crippen MR) is 57.9 cm³/mol. The third-order valence-corrected chi connectivity index (χ3v) is 3.04. The van der Waals surface area contributed by atoms with Gasteiger partial charge in [-0.3, -0.25) is 4.99 Å². The number of hydrogen-bond acceptors (Lipinski definition) is 2. The summed E-state index contributed by atoms with van der Waals surface area (Å²) in [6.45, 7) is 2.89. The van der Waals surface area contributed by atoms with Crippen molar-refractivity contribution < 1.29 is 0 Å². The summed E-state index contributed by atoms with van der Waals surface area (Å²) >= 11 is 4.97. The van der Waals surface area contributed by atoms with Crippen molar-refractivity contribution in [3.05, 3.63) is 20.8 Å². The van der Waals surface area contributed by atoms with Gasteiger partial charge in [0.15, 0.2) is 0 Å². The zero-order valence-corrected chi connectivity index (χ0v) is 9.28. The van der Waals surface area contributed by atoms with Crippen LogP contribution >= 0.6 is 27.3 Å². The fourth-order valence-electron chi connectivity index (χ4n) is 0.758. The Morgan fingerprint density at radius 2 is 2.50 bits per heavy atom. The average molecular weight is 247 g/mol. The van der Waals surface area contributed by atoms with Gasteiger partial charge in [-0.2, -0.15) is 0 Å². The predicted octanol–water partition coefficient (Wildman–Crippen LogP) is 2.63. The van der Waals surface area contributed by atoms with E-state index in [-0.39, 0.29) is 0 Å². The lowest BCUT2D eigenvalue weighted by Crippen LogP contribution is -2.11. The van der Waals surface area contributed by atoms with E-state index in [9.17, 15) is 0 Å². The number of nitrogens with two attached hydrogens (primary N) is 1. The van der Waals surface area contributed by atoms with Crippen LogP contribution in [0, 0.1) is 0 Å². The van der Waals surface area contributed by atoms with Crippen LogP contribution in [0.5, 0.6) is 0 Å². The molecule has 1 heterocycles. The summed E-state index contributed by atoms with van der Waals surface area (Å²) in [4.78, 5) is 5.25. The third kappa shape index (κ3) is 2.60. The smallest absolute Gasteiger partial charge is 0.135 e. The summed E-state index contributed by atoms with van der Waals surface area (Å²) in [6, 6.07) is 1.99. The van der Waals surface area contributed by atoms with Crippen LogP contribution in [-0.2, 0) is 0 Å². The molecule has 1 rings (SSSR count). The molecular weight excluding hydrogens is 236 g/mol. The fourth-order valence-corrected chi connectivity index (χ4v) is 2.11. The number of nitrogens with zero attached hydrogens (tertiary/aromatic N) is 1. The van der Waals surface area contributed by atoms with Gasteiger partial charge in [-0.1, -0.05) is 6.92 Å². The average Bonchev–Trinajstić information content (AvgIpc) is 2.47. The highest BCUT2D eigenvalue weighted by molar-refractivity contribution is 9.10. The van der Waals surface area contributed by atoms with Crippen LogP contribution < -0.4 is 5.73 Å². The van der Waals surface area contributed by atoms with Crippen molar-refractivity contribution in [1.82, 2.24) is 0 Å². The van der Waals surface area contributed by atoms with Gasteiger partial charge in [-0.25, -0.2) is 0 Å². The van der Waals surface area contributed by atoms with Crippen molar-refractivity contribution in [2.75, 3.05) is 6.54 Å². The molecule has 1 aromatic heterocycles. The highest BCUT2D eigenvalue weighted by atomic mass is 79.9. The summed E-state index contributed by atoms with van der Waals surface area (Å²) in [5.74, 6) is 0.646. The Bertz CT molecular complexity index is 280. The van der Waals surface area contributed by atoms with Crippen LogP contribution in [0.25, 0.3) is 0 Å². The van der Waals surface area contributed by atoms with Crippen molar-refractivity contribution in [3.8, 4) is 0 Å². The van der Waals surface area contributed by atoms with Gasteiger partial charge in [0.05, 0.1) is 4.88 Å². The minimum absolute atomic E-state index is 0.646. The van der Waals surface area contributed by atoms with Gasteiger partial charge >= 0.3 is 0 Å². The Kier molecular flexibility index (Phi) is 3.75. The molecule has 0 atom stereocenters. The highest BCUT2D eigenvalue weighted by Gasteiger charge is 2.00. The molecule has 0 unspecified atom stereocenters. The largest absolute Gasteiger partial charge is 0.383 e. The summed E-state index contributed by atoms with van der Waals surface area (Å²) in [5, 5.41) is 2.00. The Balaban J connectivity index is 2.70. The topological polar surface area (TPSA) is 38.4 Å². The SMILES string of the molecule is CCCN=C(N)c1cc(Br)cs1. The Labute approximate surface area is 84.6 Å². The zero-order valence-electron chi connectivity index (χ0n) is 6.88. The molecule has 4 heteroatoms. The molecule has 1 aromatic rings. The van der Waals surface area contributed by atoms with Gasteiger partial charge in [0.25, 0.3) is 0 Å². The maximum Gasteiger partial charge on any atom is 0.135 e. The second kappa shape index (κ2) is 4.62. The van der Waals surface area contributed by atoms with Crippen molar-refractivity contribution in [2.45, 2.75) is 13.3 Å². The van der Waals surface area contributed by atoms with Gasteiger partial charge < -0.3 is 5.73 Å². The lowest BCUT2D eigenvalue weighted by Gasteiger charge is -1.94. The molecule has 0 aliphatic rings. The summed E-state index contributed by atoms with van der Waals surface area (Å²) in [5.41, 5.74) is 5.73. The van der Waals surface area contributed by atoms with E-state index in [0.717, 1.165) is 22.3 Å². The molecule has 0 amide bonds. The molecule has 0 saturated heterocycles. The Morgan fingerprint density at radius 3 is 3.00 bits per heavy atom. The van der Waals surface area contributed by atoms with Gasteiger partial charge in [-0.05, 0) is 28.4 Å². The van der Waals surface area contributed by atoms with E-state index >= 15 is 0 Å². The van der Waals surface area contributed by atoms with E-state index in [2.05, 4.69) is 27.8 Å². The molecule has 2 N–H and O–H groups in total. The van der Waals surface area contributed by atoms with Gasteiger partial charge in [-0.15, -0.1) is 11.3 Å². The summed E-state index contributed by atoms with van der Waals surface area (Å²) in [7, 11) is 0. The second-order valence-corrected chi connectivity index (χ2v) is 4.22. The minimum atomic E-state index is 0.646. The Morgan fingerprint density at radius 1 is 1.75 bits per heavy atom. The highest BCUT2D eigenvalue weighted by Crippen LogP contribution is 2.19. The first kappa shape index (κ1) is 9.74. The summed E-state index contributed by atoms with van der Waals surface area (Å²) < 4.78 is 1.07. The molecule has 66 valence electrons. The van der Waals surface area contributed by atoms with E-state index in [1.54, 1.807) is 11.3 Å². The van der Waals surface area contributed by atoms with Crippen LogP contribution in [0.15, 0.2) is 20.9 Å². The third-order valence-electron chi connectivity index (χ3n) is 1.33. The Hall–Kier alpha value is -0.350. The number of halogens is 1. The molecule has 0 bridgehead atoms. The van der Waals surface area contributed by atoms with Crippen LogP contribution in [-0.4, -0.2) is 12.4 Å². The first-order valence-electron chi connectivity index (χ1n) is 3.78. The fraction of sp³-hybridized carbons (Fsp3) is 0.375. The molecule has 0 aromatic carbocycles. The minimum Gasteiger partial charge on any atom is -0.383 e. The molecular formula is C8H11BrN2S. The van der Waals surface area contributed by atoms with Crippen LogP contribution in [0.4, 0.5) is 0 Å². The number of hydrogen-bond donors (Lipinski definition) is 1. The van der Waals surface area contributed by atoms with Crippen LogP contribution in [0.3, 0.4) is 0 Å². The quantitative estimate of drug-likeness (QED) is 0.647. The maximum absolute atomic E-state index is 5.73. The molecule has 0 radical (unpaired) electrons. The van der Waals surface area contributed by atoms with Crippen molar-refractivity contribution >= 4 is 33.1 Å². The number of thiophene rings is 1. The van der Waals surface area contributed by atoms with E-state index < -0.39 is 0 Å². The number of aliphatic imine (C=N–C) groups is 1. The first-order chi connectivity index (χ1) is 5.74. The van der Waals surface area contributed by atoms with Gasteiger partial charge in [0.2, 0.25) is 0 Å². The normalized spacial score (nSPS) is 12.0. The lowest BCUT2D eigenvalue weighted by molar-refractivity contribution is 0.931. The second-order valence-electron chi connectivity index (χ2n) is 2.40. The van der Waals surface area contributed by atoms with E-state index in [1.165, 1.54) is 0 Å². The maximum atomic E-state index is 5.73. The molecule has 0 aliphatic carbocycles. The molecule has 0 aliphatic heterocycles. The molecule has 2 nitrogen and oxygen atoms in total. The van der Waals surface area contributed by atoms with Crippen molar-refractivity contribution in [2.24, 2.45) is 10.7 Å². The van der Waals surface area contributed by atoms with Crippen LogP contribution in [0.2, 0.25) is 0 Å². The molecule has 12 heavy (non-hydrogen) atoms. The van der Waals surface area contributed by atoms with Crippen molar-refractivity contribution in [3.63, 3.8) is 0 Å². The molecule has 0 fully saturated rings. The first-order valence-corrected chi connectivity index (χ1v) is 5.45.